The lowest BCUT2D eigenvalue weighted by Crippen LogP contribution is -2.53. The molecule has 2 heterocycles. The van der Waals surface area contributed by atoms with Crippen LogP contribution in [0.25, 0.3) is 0 Å². The maximum Gasteiger partial charge on any atom is 0.147 e. The van der Waals surface area contributed by atoms with Crippen LogP contribution >= 0.6 is 0 Å². The number of ether oxygens (including phenoxy) is 2. The van der Waals surface area contributed by atoms with Crippen LogP contribution in [0.15, 0.2) is 60.7 Å². The van der Waals surface area contributed by atoms with E-state index in [4.69, 9.17) is 14.3 Å². The average Bonchev–Trinajstić information content (AvgIpc) is 3.21. The van der Waals surface area contributed by atoms with Crippen LogP contribution in [-0.2, 0) is 25.7 Å². The number of rotatable bonds is 11. The second-order valence-corrected chi connectivity index (χ2v) is 8.69. The van der Waals surface area contributed by atoms with E-state index in [1.54, 1.807) is 0 Å². The molecule has 0 radical (unpaired) electrons. The van der Waals surface area contributed by atoms with Gasteiger partial charge >= 0.3 is 0 Å². The highest BCUT2D eigenvalue weighted by Gasteiger charge is 2.51. The number of carbonyl (C=O) groups is 1. The number of hydroxylamine groups is 2. The van der Waals surface area contributed by atoms with E-state index in [9.17, 15) is 4.79 Å². The van der Waals surface area contributed by atoms with E-state index in [1.807, 2.05) is 24.3 Å². The van der Waals surface area contributed by atoms with Gasteiger partial charge < -0.3 is 14.3 Å². The number of piperidine rings is 1. The molecule has 2 aromatic rings. The molecule has 4 rings (SSSR count). The van der Waals surface area contributed by atoms with Crippen LogP contribution in [0.1, 0.15) is 62.2 Å². The van der Waals surface area contributed by atoms with Crippen LogP contribution in [-0.4, -0.2) is 36.3 Å². The van der Waals surface area contributed by atoms with Gasteiger partial charge in [0.15, 0.2) is 0 Å². The topological polar surface area (TPSA) is 48.0 Å². The zero-order valence-corrected chi connectivity index (χ0v) is 18.2. The Labute approximate surface area is 185 Å². The molecule has 0 bridgehead atoms. The quantitative estimate of drug-likeness (QED) is 0.282. The minimum absolute atomic E-state index is 0.0132. The van der Waals surface area contributed by atoms with Gasteiger partial charge in [-0.05, 0) is 43.2 Å². The number of hydrogen-bond donors (Lipinski definition) is 0. The Morgan fingerprint density at radius 1 is 1.06 bits per heavy atom. The van der Waals surface area contributed by atoms with E-state index in [0.29, 0.717) is 19.6 Å². The van der Waals surface area contributed by atoms with E-state index >= 15 is 0 Å². The highest BCUT2D eigenvalue weighted by molar-refractivity contribution is 5.49. The van der Waals surface area contributed by atoms with Crippen molar-refractivity contribution in [2.24, 2.45) is 0 Å². The molecule has 2 aliphatic heterocycles. The highest BCUT2D eigenvalue weighted by Crippen LogP contribution is 2.49. The van der Waals surface area contributed by atoms with Gasteiger partial charge in [0, 0.05) is 18.4 Å². The summed E-state index contributed by atoms with van der Waals surface area (Å²) in [5.74, 6) is 0. The van der Waals surface area contributed by atoms with E-state index in [-0.39, 0.29) is 24.5 Å². The highest BCUT2D eigenvalue weighted by atomic mass is 16.7. The number of hydrogen-bond acceptors (Lipinski definition) is 5. The molecule has 0 aromatic heterocycles. The molecule has 0 amide bonds. The predicted octanol–water partition coefficient (Wildman–Crippen LogP) is 5.22. The molecule has 2 aromatic carbocycles. The van der Waals surface area contributed by atoms with E-state index in [1.165, 1.54) is 5.56 Å². The molecule has 0 aliphatic carbocycles. The van der Waals surface area contributed by atoms with Gasteiger partial charge in [0.25, 0.3) is 0 Å². The smallest absolute Gasteiger partial charge is 0.147 e. The summed E-state index contributed by atoms with van der Waals surface area (Å²) in [6, 6.07) is 20.8. The molecule has 0 spiro atoms. The van der Waals surface area contributed by atoms with Gasteiger partial charge in [0.05, 0.1) is 19.3 Å². The molecule has 0 unspecified atom stereocenters. The number of benzene rings is 2. The molecule has 2 fully saturated rings. The maximum atomic E-state index is 10.9. The van der Waals surface area contributed by atoms with Crippen molar-refractivity contribution in [3.8, 4) is 0 Å². The van der Waals surface area contributed by atoms with E-state index < -0.39 is 0 Å². The van der Waals surface area contributed by atoms with Crippen LogP contribution < -0.4 is 0 Å². The van der Waals surface area contributed by atoms with Crippen molar-refractivity contribution in [3.05, 3.63) is 71.8 Å². The number of unbranched alkanes of at least 4 members (excludes halogenated alkanes) is 1. The van der Waals surface area contributed by atoms with Crippen molar-refractivity contribution in [2.45, 2.75) is 69.2 Å². The fourth-order valence-electron chi connectivity index (χ4n) is 5.02. The first-order chi connectivity index (χ1) is 15.3. The number of nitrogens with zero attached hydrogens (tertiary/aromatic N) is 1. The minimum atomic E-state index is -0.0132. The molecule has 5 nitrogen and oxygen atoms in total. The Morgan fingerprint density at radius 2 is 1.84 bits per heavy atom. The normalized spacial score (nSPS) is 25.9. The zero-order valence-electron chi connectivity index (χ0n) is 18.2. The van der Waals surface area contributed by atoms with Gasteiger partial charge in [-0.3, -0.25) is 4.84 Å². The summed E-state index contributed by atoms with van der Waals surface area (Å²) in [6.07, 6.45) is 7.87. The molecule has 31 heavy (non-hydrogen) atoms. The number of fused-ring (bicyclic) bond motifs is 1. The Morgan fingerprint density at radius 3 is 2.61 bits per heavy atom. The number of aldehydes is 1. The fourth-order valence-corrected chi connectivity index (χ4v) is 5.02. The molecular weight excluding hydrogens is 390 g/mol. The maximum absolute atomic E-state index is 10.9. The summed E-state index contributed by atoms with van der Waals surface area (Å²) >= 11 is 0. The van der Waals surface area contributed by atoms with E-state index in [0.717, 1.165) is 50.4 Å². The minimum Gasteiger partial charge on any atom is -0.354 e. The molecule has 0 N–H and O–H groups in total. The molecule has 2 aliphatic rings. The van der Waals surface area contributed by atoms with Gasteiger partial charge in [-0.2, -0.15) is 5.06 Å². The Kier molecular flexibility index (Phi) is 7.86. The lowest BCUT2D eigenvalue weighted by Gasteiger charge is -2.45. The van der Waals surface area contributed by atoms with Gasteiger partial charge in [-0.15, -0.1) is 0 Å². The number of carbonyl (C=O) groups excluding carboxylic acids is 1. The average molecular weight is 424 g/mol. The van der Waals surface area contributed by atoms with Crippen LogP contribution in [0, 0.1) is 0 Å². The monoisotopic (exact) mass is 423 g/mol. The summed E-state index contributed by atoms with van der Waals surface area (Å²) in [6.45, 7) is 1.42. The summed E-state index contributed by atoms with van der Waals surface area (Å²) in [4.78, 5) is 17.5. The third kappa shape index (κ3) is 5.60. The SMILES string of the molecule is O=CCCC[C@@]12CCC[C@@H](COCOCc3ccccc3)N1O[C@@H](c1ccccc1)C2. The van der Waals surface area contributed by atoms with Gasteiger partial charge in [-0.25, -0.2) is 0 Å². The fraction of sp³-hybridized carbons (Fsp3) is 0.500. The van der Waals surface area contributed by atoms with Gasteiger partial charge in [0.1, 0.15) is 19.2 Å². The molecule has 2 saturated heterocycles. The third-order valence-electron chi connectivity index (χ3n) is 6.51. The van der Waals surface area contributed by atoms with Crippen molar-refractivity contribution in [1.82, 2.24) is 5.06 Å². The second kappa shape index (κ2) is 11.0. The van der Waals surface area contributed by atoms with Crippen molar-refractivity contribution >= 4 is 6.29 Å². The molecule has 166 valence electrons. The van der Waals surface area contributed by atoms with Crippen molar-refractivity contribution in [1.29, 1.82) is 0 Å². The van der Waals surface area contributed by atoms with Crippen LogP contribution in [0.5, 0.6) is 0 Å². The summed E-state index contributed by atoms with van der Waals surface area (Å²) in [5, 5.41) is 2.23. The predicted molar refractivity (Wildman–Crippen MR) is 119 cm³/mol. The molecular formula is C26H33NO4. The zero-order chi connectivity index (χ0) is 21.4. The third-order valence-corrected chi connectivity index (χ3v) is 6.51. The molecule has 3 atom stereocenters. The van der Waals surface area contributed by atoms with Crippen LogP contribution in [0.2, 0.25) is 0 Å². The van der Waals surface area contributed by atoms with Crippen molar-refractivity contribution < 1.29 is 19.1 Å². The molecule has 0 saturated carbocycles. The van der Waals surface area contributed by atoms with Gasteiger partial charge in [0.2, 0.25) is 0 Å². The summed E-state index contributed by atoms with van der Waals surface area (Å²) < 4.78 is 11.6. The summed E-state index contributed by atoms with van der Waals surface area (Å²) in [7, 11) is 0. The Hall–Kier alpha value is -2.05. The van der Waals surface area contributed by atoms with Crippen molar-refractivity contribution in [3.63, 3.8) is 0 Å². The van der Waals surface area contributed by atoms with E-state index in [2.05, 4.69) is 41.5 Å². The lowest BCUT2D eigenvalue weighted by atomic mass is 9.78. The van der Waals surface area contributed by atoms with Crippen LogP contribution in [0.3, 0.4) is 0 Å². The Bertz CT molecular complexity index is 800. The standard InChI is InChI=1S/C26H33NO4/c28-17-8-7-15-26-16-9-14-24(20-30-21-29-19-22-10-3-1-4-11-22)27(26)31-25(18-26)23-12-5-2-6-13-23/h1-6,10-13,17,24-25H,7-9,14-16,18-21H2/t24-,25+,26-/m0/s1. The first-order valence-electron chi connectivity index (χ1n) is 11.4. The first-order valence-corrected chi connectivity index (χ1v) is 11.4. The lowest BCUT2D eigenvalue weighted by molar-refractivity contribution is -0.244. The van der Waals surface area contributed by atoms with Gasteiger partial charge in [-0.1, -0.05) is 60.7 Å². The molecule has 5 heteroatoms. The van der Waals surface area contributed by atoms with Crippen molar-refractivity contribution in [2.75, 3.05) is 13.4 Å². The second-order valence-electron chi connectivity index (χ2n) is 8.69. The van der Waals surface area contributed by atoms with Crippen LogP contribution in [0.4, 0.5) is 0 Å². The largest absolute Gasteiger partial charge is 0.354 e. The summed E-state index contributed by atoms with van der Waals surface area (Å²) in [5.41, 5.74) is 2.35. The Balaban J connectivity index is 1.36. The first kappa shape index (κ1) is 22.2.